The van der Waals surface area contributed by atoms with Gasteiger partial charge in [-0.05, 0) is 38.0 Å². The molecular formula is C13H15F2NO4S. The van der Waals surface area contributed by atoms with Crippen LogP contribution in [0.5, 0.6) is 0 Å². The molecule has 116 valence electrons. The zero-order valence-corrected chi connectivity index (χ0v) is 12.2. The Morgan fingerprint density at radius 2 is 2.00 bits per heavy atom. The van der Waals surface area contributed by atoms with Gasteiger partial charge in [0.2, 0.25) is 10.0 Å². The predicted molar refractivity (Wildman–Crippen MR) is 69.9 cm³/mol. The Bertz CT molecular complexity index is 644. The fourth-order valence-electron chi connectivity index (χ4n) is 1.88. The Morgan fingerprint density at radius 3 is 2.52 bits per heavy atom. The van der Waals surface area contributed by atoms with E-state index in [2.05, 4.69) is 0 Å². The highest BCUT2D eigenvalue weighted by atomic mass is 32.2. The first-order valence-corrected chi connectivity index (χ1v) is 7.92. The van der Waals surface area contributed by atoms with E-state index < -0.39 is 34.2 Å². The van der Waals surface area contributed by atoms with Gasteiger partial charge in [0.1, 0.15) is 6.54 Å². The Balaban J connectivity index is 2.29. The van der Waals surface area contributed by atoms with E-state index in [0.29, 0.717) is 18.9 Å². The second-order valence-electron chi connectivity index (χ2n) is 4.66. The first-order valence-electron chi connectivity index (χ1n) is 6.48. The molecule has 1 aromatic carbocycles. The van der Waals surface area contributed by atoms with Crippen LogP contribution in [0.4, 0.5) is 8.78 Å². The largest absolute Gasteiger partial charge is 0.465 e. The third kappa shape index (κ3) is 3.56. The van der Waals surface area contributed by atoms with E-state index in [-0.39, 0.29) is 17.5 Å². The number of halogens is 2. The van der Waals surface area contributed by atoms with Gasteiger partial charge in [-0.1, -0.05) is 0 Å². The highest BCUT2D eigenvalue weighted by molar-refractivity contribution is 7.89. The minimum absolute atomic E-state index is 0.141. The van der Waals surface area contributed by atoms with Crippen molar-refractivity contribution in [1.29, 1.82) is 0 Å². The van der Waals surface area contributed by atoms with Gasteiger partial charge in [0, 0.05) is 6.04 Å². The number of carbonyl (C=O) groups is 1. The molecule has 0 spiro atoms. The fraction of sp³-hybridized carbons (Fsp3) is 0.462. The number of benzene rings is 1. The summed E-state index contributed by atoms with van der Waals surface area (Å²) in [5, 5.41) is 0. The maximum atomic E-state index is 13.2. The van der Waals surface area contributed by atoms with E-state index in [0.717, 1.165) is 16.4 Å². The quantitative estimate of drug-likeness (QED) is 0.749. The number of rotatable bonds is 6. The number of hydrogen-bond donors (Lipinski definition) is 0. The molecule has 0 saturated heterocycles. The zero-order chi connectivity index (χ0) is 15.6. The van der Waals surface area contributed by atoms with Crippen molar-refractivity contribution in [2.24, 2.45) is 0 Å². The molecule has 1 aliphatic rings. The summed E-state index contributed by atoms with van der Waals surface area (Å²) in [6.07, 6.45) is 1.25. The highest BCUT2D eigenvalue weighted by Crippen LogP contribution is 2.32. The van der Waals surface area contributed by atoms with Gasteiger partial charge in [-0.25, -0.2) is 17.2 Å². The van der Waals surface area contributed by atoms with Crippen molar-refractivity contribution in [1.82, 2.24) is 4.31 Å². The Kier molecular flexibility index (Phi) is 4.58. The van der Waals surface area contributed by atoms with E-state index in [1.807, 2.05) is 0 Å². The molecule has 0 aromatic heterocycles. The number of ether oxygens (including phenoxy) is 1. The first kappa shape index (κ1) is 15.8. The molecule has 0 unspecified atom stereocenters. The summed E-state index contributed by atoms with van der Waals surface area (Å²) in [7, 11) is -4.06. The van der Waals surface area contributed by atoms with Crippen LogP contribution in [0.15, 0.2) is 23.1 Å². The van der Waals surface area contributed by atoms with E-state index in [4.69, 9.17) is 4.74 Å². The fourth-order valence-corrected chi connectivity index (χ4v) is 3.52. The standard InChI is InChI=1S/C13H15F2NO4S/c1-2-20-13(17)8-16(9-3-4-9)21(18,19)10-5-6-11(14)12(15)7-10/h5-7,9H,2-4,8H2,1H3. The molecule has 0 heterocycles. The van der Waals surface area contributed by atoms with Crippen molar-refractivity contribution in [3.05, 3.63) is 29.8 Å². The van der Waals surface area contributed by atoms with Gasteiger partial charge < -0.3 is 4.74 Å². The summed E-state index contributed by atoms with van der Waals surface area (Å²) in [6, 6.07) is 2.05. The Hall–Kier alpha value is -1.54. The van der Waals surface area contributed by atoms with Gasteiger partial charge in [-0.2, -0.15) is 4.31 Å². The number of sulfonamides is 1. The van der Waals surface area contributed by atoms with E-state index in [1.54, 1.807) is 6.92 Å². The number of hydrogen-bond acceptors (Lipinski definition) is 4. The SMILES string of the molecule is CCOC(=O)CN(C1CC1)S(=O)(=O)c1ccc(F)c(F)c1. The van der Waals surface area contributed by atoms with Crippen molar-refractivity contribution in [2.45, 2.75) is 30.7 Å². The van der Waals surface area contributed by atoms with Crippen LogP contribution in [0.25, 0.3) is 0 Å². The molecule has 1 aliphatic carbocycles. The van der Waals surface area contributed by atoms with Gasteiger partial charge in [-0.3, -0.25) is 4.79 Å². The molecule has 1 fully saturated rings. The first-order chi connectivity index (χ1) is 9.86. The summed E-state index contributed by atoms with van der Waals surface area (Å²) < 4.78 is 56.8. The van der Waals surface area contributed by atoms with Crippen molar-refractivity contribution >= 4 is 16.0 Å². The van der Waals surface area contributed by atoms with Crippen molar-refractivity contribution in [2.75, 3.05) is 13.2 Å². The summed E-state index contributed by atoms with van der Waals surface area (Å²) in [5.74, 6) is -3.05. The van der Waals surface area contributed by atoms with Crippen molar-refractivity contribution in [3.8, 4) is 0 Å². The van der Waals surface area contributed by atoms with Crippen LogP contribution < -0.4 is 0 Å². The lowest BCUT2D eigenvalue weighted by Gasteiger charge is -2.20. The van der Waals surface area contributed by atoms with Gasteiger partial charge in [0.05, 0.1) is 11.5 Å². The molecule has 0 amide bonds. The average Bonchev–Trinajstić information content (AvgIpc) is 3.23. The van der Waals surface area contributed by atoms with Crippen LogP contribution in [0, 0.1) is 11.6 Å². The van der Waals surface area contributed by atoms with Crippen LogP contribution in [0.2, 0.25) is 0 Å². The maximum absolute atomic E-state index is 13.2. The molecule has 0 atom stereocenters. The molecule has 2 rings (SSSR count). The normalized spacial score (nSPS) is 15.2. The minimum Gasteiger partial charge on any atom is -0.465 e. The van der Waals surface area contributed by atoms with E-state index >= 15 is 0 Å². The monoisotopic (exact) mass is 319 g/mol. The van der Waals surface area contributed by atoms with Crippen LogP contribution in [-0.4, -0.2) is 37.9 Å². The molecule has 21 heavy (non-hydrogen) atoms. The second kappa shape index (κ2) is 6.07. The third-order valence-corrected chi connectivity index (χ3v) is 4.94. The van der Waals surface area contributed by atoms with Crippen LogP contribution in [-0.2, 0) is 19.6 Å². The molecular weight excluding hydrogens is 304 g/mol. The van der Waals surface area contributed by atoms with E-state index in [9.17, 15) is 22.0 Å². The Morgan fingerprint density at radius 1 is 1.33 bits per heavy atom. The Labute approximate surface area is 121 Å². The summed E-state index contributed by atoms with van der Waals surface area (Å²) in [6.45, 7) is 1.33. The highest BCUT2D eigenvalue weighted by Gasteiger charge is 2.39. The molecule has 0 aliphatic heterocycles. The summed E-state index contributed by atoms with van der Waals surface area (Å²) in [5.41, 5.74) is 0. The number of esters is 1. The van der Waals surface area contributed by atoms with Crippen molar-refractivity contribution < 1.29 is 26.7 Å². The summed E-state index contributed by atoms with van der Waals surface area (Å²) in [4.78, 5) is 11.1. The zero-order valence-electron chi connectivity index (χ0n) is 11.4. The predicted octanol–water partition coefficient (Wildman–Crippen LogP) is 1.68. The van der Waals surface area contributed by atoms with Crippen LogP contribution >= 0.6 is 0 Å². The average molecular weight is 319 g/mol. The molecule has 0 N–H and O–H groups in total. The number of carbonyl (C=O) groups excluding carboxylic acids is 1. The van der Waals surface area contributed by atoms with Crippen molar-refractivity contribution in [3.63, 3.8) is 0 Å². The van der Waals surface area contributed by atoms with Gasteiger partial charge in [0.25, 0.3) is 0 Å². The van der Waals surface area contributed by atoms with Gasteiger partial charge >= 0.3 is 5.97 Å². The minimum atomic E-state index is -4.06. The topological polar surface area (TPSA) is 63.7 Å². The molecule has 1 saturated carbocycles. The lowest BCUT2D eigenvalue weighted by Crippen LogP contribution is -2.38. The smallest absolute Gasteiger partial charge is 0.321 e. The molecule has 5 nitrogen and oxygen atoms in total. The lowest BCUT2D eigenvalue weighted by atomic mass is 10.3. The molecule has 0 radical (unpaired) electrons. The summed E-state index contributed by atoms with van der Waals surface area (Å²) >= 11 is 0. The molecule has 1 aromatic rings. The second-order valence-corrected chi connectivity index (χ2v) is 6.55. The van der Waals surface area contributed by atoms with Crippen LogP contribution in [0.1, 0.15) is 19.8 Å². The lowest BCUT2D eigenvalue weighted by molar-refractivity contribution is -0.143. The molecule has 0 bridgehead atoms. The van der Waals surface area contributed by atoms with Gasteiger partial charge in [-0.15, -0.1) is 0 Å². The van der Waals surface area contributed by atoms with Crippen LogP contribution in [0.3, 0.4) is 0 Å². The maximum Gasteiger partial charge on any atom is 0.321 e. The van der Waals surface area contributed by atoms with E-state index in [1.165, 1.54) is 0 Å². The third-order valence-electron chi connectivity index (χ3n) is 3.04. The number of nitrogens with zero attached hydrogens (tertiary/aromatic N) is 1. The molecule has 8 heteroatoms. The van der Waals surface area contributed by atoms with Gasteiger partial charge in [0.15, 0.2) is 11.6 Å².